The molecule has 1 aliphatic rings. The van der Waals surface area contributed by atoms with Crippen molar-refractivity contribution in [1.82, 2.24) is 10.3 Å². The third kappa shape index (κ3) is 3.29. The zero-order chi connectivity index (χ0) is 13.4. The summed E-state index contributed by atoms with van der Waals surface area (Å²) >= 11 is 13.8. The van der Waals surface area contributed by atoms with Gasteiger partial charge in [0.25, 0.3) is 0 Å². The highest BCUT2D eigenvalue weighted by Crippen LogP contribution is 2.32. The fraction of sp³-hybridized carbons (Fsp3) is 0.357. The molecule has 0 unspecified atom stereocenters. The van der Waals surface area contributed by atoms with Crippen LogP contribution in [0.5, 0.6) is 0 Å². The predicted octanol–water partition coefficient (Wildman–Crippen LogP) is 4.68. The normalized spacial score (nSPS) is 14.9. The predicted molar refractivity (Wildman–Crippen MR) is 82.2 cm³/mol. The van der Waals surface area contributed by atoms with Crippen LogP contribution in [-0.4, -0.2) is 11.0 Å². The third-order valence-corrected chi connectivity index (χ3v) is 4.77. The average molecular weight is 313 g/mol. The van der Waals surface area contributed by atoms with E-state index in [2.05, 4.69) is 17.2 Å². The molecule has 1 heterocycles. The van der Waals surface area contributed by atoms with Crippen LogP contribution in [0.25, 0.3) is 10.6 Å². The Labute approximate surface area is 126 Å². The van der Waals surface area contributed by atoms with Gasteiger partial charge in [0.2, 0.25) is 0 Å². The summed E-state index contributed by atoms with van der Waals surface area (Å²) in [6.45, 7) is 2.96. The van der Waals surface area contributed by atoms with Crippen molar-refractivity contribution in [3.8, 4) is 10.6 Å². The number of aryl methyl sites for hydroxylation is 1. The molecular weight excluding hydrogens is 299 g/mol. The monoisotopic (exact) mass is 312 g/mol. The molecule has 1 saturated carbocycles. The Balaban J connectivity index is 1.85. The number of rotatable bonds is 4. The van der Waals surface area contributed by atoms with Crippen LogP contribution in [0.1, 0.15) is 23.4 Å². The van der Waals surface area contributed by atoms with E-state index < -0.39 is 0 Å². The Kier molecular flexibility index (Phi) is 3.81. The van der Waals surface area contributed by atoms with E-state index in [1.165, 1.54) is 17.7 Å². The van der Waals surface area contributed by atoms with Gasteiger partial charge in [-0.3, -0.25) is 0 Å². The van der Waals surface area contributed by atoms with E-state index >= 15 is 0 Å². The van der Waals surface area contributed by atoms with Gasteiger partial charge in [-0.1, -0.05) is 23.2 Å². The van der Waals surface area contributed by atoms with Crippen LogP contribution < -0.4 is 5.32 Å². The van der Waals surface area contributed by atoms with Crippen molar-refractivity contribution in [1.29, 1.82) is 0 Å². The summed E-state index contributed by atoms with van der Waals surface area (Å²) in [6.07, 6.45) is 2.60. The van der Waals surface area contributed by atoms with Crippen molar-refractivity contribution in [2.75, 3.05) is 0 Å². The largest absolute Gasteiger partial charge is 0.309 e. The molecule has 3 rings (SSSR count). The van der Waals surface area contributed by atoms with Gasteiger partial charge in [0, 0.05) is 33.1 Å². The van der Waals surface area contributed by atoms with Gasteiger partial charge in [0.1, 0.15) is 5.01 Å². The summed E-state index contributed by atoms with van der Waals surface area (Å²) < 4.78 is 0. The maximum Gasteiger partial charge on any atom is 0.124 e. The van der Waals surface area contributed by atoms with E-state index in [0.717, 1.165) is 22.8 Å². The summed E-state index contributed by atoms with van der Waals surface area (Å²) in [5.74, 6) is 0. The van der Waals surface area contributed by atoms with Crippen molar-refractivity contribution in [2.24, 2.45) is 0 Å². The van der Waals surface area contributed by atoms with Gasteiger partial charge in [0.05, 0.1) is 5.69 Å². The smallest absolute Gasteiger partial charge is 0.124 e. The van der Waals surface area contributed by atoms with Crippen molar-refractivity contribution in [3.63, 3.8) is 0 Å². The van der Waals surface area contributed by atoms with Crippen LogP contribution in [0.15, 0.2) is 18.2 Å². The Hall–Kier alpha value is -0.610. The summed E-state index contributed by atoms with van der Waals surface area (Å²) in [6, 6.07) is 6.27. The lowest BCUT2D eigenvalue weighted by Crippen LogP contribution is -2.14. The van der Waals surface area contributed by atoms with E-state index in [0.29, 0.717) is 16.1 Å². The lowest BCUT2D eigenvalue weighted by Gasteiger charge is -2.00. The molecule has 0 bridgehead atoms. The molecule has 1 aromatic heterocycles. The van der Waals surface area contributed by atoms with Gasteiger partial charge >= 0.3 is 0 Å². The number of thiazole rings is 1. The van der Waals surface area contributed by atoms with Crippen LogP contribution in [0, 0.1) is 6.92 Å². The van der Waals surface area contributed by atoms with Gasteiger partial charge in [-0.25, -0.2) is 4.98 Å². The second-order valence-electron chi connectivity index (χ2n) is 4.84. The maximum absolute atomic E-state index is 6.04. The number of hydrogen-bond donors (Lipinski definition) is 1. The average Bonchev–Trinajstić information content (AvgIpc) is 3.09. The molecule has 1 aromatic carbocycles. The van der Waals surface area contributed by atoms with Crippen LogP contribution >= 0.6 is 34.5 Å². The molecule has 1 fully saturated rings. The van der Waals surface area contributed by atoms with Crippen molar-refractivity contribution in [2.45, 2.75) is 32.4 Å². The van der Waals surface area contributed by atoms with Gasteiger partial charge in [0.15, 0.2) is 0 Å². The molecule has 2 nitrogen and oxygen atoms in total. The summed E-state index contributed by atoms with van der Waals surface area (Å²) in [5, 5.41) is 5.79. The zero-order valence-electron chi connectivity index (χ0n) is 10.5. The minimum Gasteiger partial charge on any atom is -0.309 e. The number of benzene rings is 1. The lowest BCUT2D eigenvalue weighted by atomic mass is 10.2. The molecule has 0 atom stereocenters. The first kappa shape index (κ1) is 13.4. The second-order valence-corrected chi connectivity index (χ2v) is 6.80. The Bertz CT molecular complexity index is 585. The van der Waals surface area contributed by atoms with Crippen LogP contribution in [0.3, 0.4) is 0 Å². The van der Waals surface area contributed by atoms with Gasteiger partial charge in [-0.2, -0.15) is 0 Å². The number of aromatic nitrogens is 1. The molecule has 0 saturated heterocycles. The molecule has 0 aliphatic heterocycles. The van der Waals surface area contributed by atoms with Crippen molar-refractivity contribution >= 4 is 34.5 Å². The quantitative estimate of drug-likeness (QED) is 0.886. The van der Waals surface area contributed by atoms with E-state index in [1.54, 1.807) is 17.4 Å². The molecule has 0 radical (unpaired) electrons. The highest BCUT2D eigenvalue weighted by molar-refractivity contribution is 7.15. The number of hydrogen-bond acceptors (Lipinski definition) is 3. The van der Waals surface area contributed by atoms with E-state index in [9.17, 15) is 0 Å². The minimum absolute atomic E-state index is 0.646. The molecule has 19 heavy (non-hydrogen) atoms. The van der Waals surface area contributed by atoms with Crippen molar-refractivity contribution < 1.29 is 0 Å². The molecule has 100 valence electrons. The summed E-state index contributed by atoms with van der Waals surface area (Å²) in [5.41, 5.74) is 2.08. The van der Waals surface area contributed by atoms with E-state index in [-0.39, 0.29) is 0 Å². The first-order chi connectivity index (χ1) is 9.11. The maximum atomic E-state index is 6.04. The number of halogens is 2. The van der Waals surface area contributed by atoms with Gasteiger partial charge in [-0.05, 0) is 38.0 Å². The first-order valence-corrected chi connectivity index (χ1v) is 7.85. The molecule has 1 aliphatic carbocycles. The van der Waals surface area contributed by atoms with Crippen LogP contribution in [0.2, 0.25) is 10.0 Å². The Morgan fingerprint density at radius 3 is 2.58 bits per heavy atom. The minimum atomic E-state index is 0.646. The van der Waals surface area contributed by atoms with Gasteiger partial charge in [-0.15, -0.1) is 11.3 Å². The van der Waals surface area contributed by atoms with Crippen molar-refractivity contribution in [3.05, 3.63) is 38.8 Å². The molecule has 5 heteroatoms. The molecule has 1 N–H and O–H groups in total. The zero-order valence-corrected chi connectivity index (χ0v) is 12.9. The standard InChI is InChI=1S/C14H14Cl2N2S/c1-8-13(7-17-12-2-3-12)19-14(18-8)9-4-10(15)6-11(16)5-9/h4-6,12,17H,2-3,7H2,1H3. The third-order valence-electron chi connectivity index (χ3n) is 3.13. The first-order valence-electron chi connectivity index (χ1n) is 6.28. The summed E-state index contributed by atoms with van der Waals surface area (Å²) in [7, 11) is 0. The number of nitrogens with one attached hydrogen (secondary N) is 1. The number of nitrogens with zero attached hydrogens (tertiary/aromatic N) is 1. The highest BCUT2D eigenvalue weighted by Gasteiger charge is 2.21. The Morgan fingerprint density at radius 2 is 1.95 bits per heavy atom. The lowest BCUT2D eigenvalue weighted by molar-refractivity contribution is 0.691. The van der Waals surface area contributed by atoms with E-state index in [1.807, 2.05) is 12.1 Å². The highest BCUT2D eigenvalue weighted by atomic mass is 35.5. The van der Waals surface area contributed by atoms with E-state index in [4.69, 9.17) is 23.2 Å². The summed E-state index contributed by atoms with van der Waals surface area (Å²) in [4.78, 5) is 5.91. The van der Waals surface area contributed by atoms with Crippen LogP contribution in [-0.2, 0) is 6.54 Å². The molecule has 0 amide bonds. The van der Waals surface area contributed by atoms with Gasteiger partial charge < -0.3 is 5.32 Å². The topological polar surface area (TPSA) is 24.9 Å². The fourth-order valence-corrected chi connectivity index (χ4v) is 3.44. The second kappa shape index (κ2) is 5.41. The SMILES string of the molecule is Cc1nc(-c2cc(Cl)cc(Cl)c2)sc1CNC1CC1. The molecular formula is C14H14Cl2N2S. The Morgan fingerprint density at radius 1 is 1.26 bits per heavy atom. The molecule has 2 aromatic rings. The molecule has 0 spiro atoms. The van der Waals surface area contributed by atoms with Crippen LogP contribution in [0.4, 0.5) is 0 Å². The fourth-order valence-electron chi connectivity index (χ4n) is 1.92.